The van der Waals surface area contributed by atoms with Crippen molar-refractivity contribution in [3.05, 3.63) is 23.8 Å². The summed E-state index contributed by atoms with van der Waals surface area (Å²) in [6.45, 7) is 2.08. The van der Waals surface area contributed by atoms with E-state index in [-0.39, 0.29) is 0 Å². The number of rotatable bonds is 2. The average molecular weight is 203 g/mol. The van der Waals surface area contributed by atoms with Crippen LogP contribution >= 0.6 is 0 Å². The van der Waals surface area contributed by atoms with Crippen LogP contribution in [0.1, 0.15) is 12.5 Å². The zero-order valence-electron chi connectivity index (χ0n) is 8.81. The first-order chi connectivity index (χ1) is 7.22. The second-order valence-corrected chi connectivity index (χ2v) is 3.39. The van der Waals surface area contributed by atoms with Gasteiger partial charge in [0.25, 0.3) is 0 Å². The third-order valence-corrected chi connectivity index (χ3v) is 2.41. The third-order valence-electron chi connectivity index (χ3n) is 2.41. The lowest BCUT2D eigenvalue weighted by molar-refractivity contribution is 0.714. The van der Waals surface area contributed by atoms with Gasteiger partial charge in [-0.3, -0.25) is 0 Å². The molecule has 0 atom stereocenters. The van der Waals surface area contributed by atoms with E-state index in [1.54, 1.807) is 11.7 Å². The predicted molar refractivity (Wildman–Crippen MR) is 58.0 cm³/mol. The lowest BCUT2D eigenvalue weighted by atomic mass is 10.1. The van der Waals surface area contributed by atoms with Crippen molar-refractivity contribution in [2.45, 2.75) is 13.3 Å². The van der Waals surface area contributed by atoms with Gasteiger partial charge >= 0.3 is 0 Å². The van der Waals surface area contributed by atoms with Gasteiger partial charge in [0.2, 0.25) is 0 Å². The molecule has 1 aromatic heterocycles. The van der Waals surface area contributed by atoms with E-state index in [1.165, 1.54) is 0 Å². The molecule has 2 aromatic rings. The van der Waals surface area contributed by atoms with Gasteiger partial charge in [0, 0.05) is 18.3 Å². The first kappa shape index (κ1) is 9.64. The highest BCUT2D eigenvalue weighted by molar-refractivity contribution is 5.63. The second kappa shape index (κ2) is 3.68. The van der Waals surface area contributed by atoms with Crippen LogP contribution in [0.25, 0.3) is 11.4 Å². The molecule has 5 nitrogen and oxygen atoms in total. The fourth-order valence-electron chi connectivity index (χ4n) is 1.53. The molecule has 2 rings (SSSR count). The molecule has 0 aliphatic carbocycles. The number of hydrogen-bond acceptors (Lipinski definition) is 4. The molecule has 1 heterocycles. The lowest BCUT2D eigenvalue weighted by Gasteiger charge is -2.05. The third kappa shape index (κ3) is 1.68. The van der Waals surface area contributed by atoms with Gasteiger partial charge in [-0.2, -0.15) is 0 Å². The van der Waals surface area contributed by atoms with Crippen molar-refractivity contribution >= 4 is 5.69 Å². The van der Waals surface area contributed by atoms with Crippen molar-refractivity contribution in [1.29, 1.82) is 0 Å². The number of aromatic nitrogens is 4. The summed E-state index contributed by atoms with van der Waals surface area (Å²) in [6.07, 6.45) is 0.934. The van der Waals surface area contributed by atoms with Crippen molar-refractivity contribution in [2.24, 2.45) is 7.05 Å². The Morgan fingerprint density at radius 2 is 2.20 bits per heavy atom. The Bertz CT molecular complexity index is 474. The number of nitrogens with two attached hydrogens (primary N) is 1. The van der Waals surface area contributed by atoms with Gasteiger partial charge in [-0.15, -0.1) is 5.10 Å². The molecule has 15 heavy (non-hydrogen) atoms. The molecule has 0 saturated heterocycles. The molecule has 0 saturated carbocycles. The van der Waals surface area contributed by atoms with Crippen LogP contribution in [-0.2, 0) is 13.5 Å². The van der Waals surface area contributed by atoms with Crippen LogP contribution in [-0.4, -0.2) is 20.2 Å². The van der Waals surface area contributed by atoms with Gasteiger partial charge in [0.05, 0.1) is 0 Å². The summed E-state index contributed by atoms with van der Waals surface area (Å²) in [7, 11) is 1.80. The fourth-order valence-corrected chi connectivity index (χ4v) is 1.53. The number of nitrogen functional groups attached to an aromatic ring is 1. The monoisotopic (exact) mass is 203 g/mol. The molecule has 0 unspecified atom stereocenters. The van der Waals surface area contributed by atoms with Gasteiger partial charge in [0.1, 0.15) is 0 Å². The normalized spacial score (nSPS) is 10.5. The van der Waals surface area contributed by atoms with Crippen LogP contribution in [0, 0.1) is 0 Å². The van der Waals surface area contributed by atoms with Crippen molar-refractivity contribution in [3.63, 3.8) is 0 Å². The van der Waals surface area contributed by atoms with E-state index >= 15 is 0 Å². The summed E-state index contributed by atoms with van der Waals surface area (Å²) in [4.78, 5) is 0. The summed E-state index contributed by atoms with van der Waals surface area (Å²) in [5.41, 5.74) is 8.79. The van der Waals surface area contributed by atoms with Crippen LogP contribution in [0.2, 0.25) is 0 Å². The average Bonchev–Trinajstić information content (AvgIpc) is 2.64. The first-order valence-electron chi connectivity index (χ1n) is 4.83. The molecular weight excluding hydrogens is 190 g/mol. The summed E-state index contributed by atoms with van der Waals surface area (Å²) in [6, 6.07) is 5.91. The zero-order valence-corrected chi connectivity index (χ0v) is 8.81. The van der Waals surface area contributed by atoms with E-state index in [1.807, 2.05) is 18.2 Å². The van der Waals surface area contributed by atoms with Crippen molar-refractivity contribution in [2.75, 3.05) is 5.73 Å². The summed E-state index contributed by atoms with van der Waals surface area (Å²) < 4.78 is 1.63. The number of tetrazole rings is 1. The molecule has 0 radical (unpaired) electrons. The quantitative estimate of drug-likeness (QED) is 0.740. The topological polar surface area (TPSA) is 69.6 Å². The fraction of sp³-hybridized carbons (Fsp3) is 0.300. The van der Waals surface area contributed by atoms with E-state index in [9.17, 15) is 0 Å². The first-order valence-corrected chi connectivity index (χ1v) is 4.83. The zero-order chi connectivity index (χ0) is 10.8. The molecule has 0 aliphatic rings. The van der Waals surface area contributed by atoms with Crippen LogP contribution in [0.3, 0.4) is 0 Å². The van der Waals surface area contributed by atoms with E-state index in [0.717, 1.165) is 29.1 Å². The standard InChI is InChI=1S/C10H13N5/c1-3-7-4-5-8(6-9(7)11)10-12-13-14-15(10)2/h4-6H,3,11H2,1-2H3. The van der Waals surface area contributed by atoms with Crippen LogP contribution in [0.15, 0.2) is 18.2 Å². The van der Waals surface area contributed by atoms with Gasteiger partial charge < -0.3 is 5.73 Å². The molecule has 0 fully saturated rings. The van der Waals surface area contributed by atoms with Gasteiger partial charge in [-0.25, -0.2) is 4.68 Å². The highest BCUT2D eigenvalue weighted by Gasteiger charge is 2.07. The molecule has 0 aliphatic heterocycles. The van der Waals surface area contributed by atoms with E-state index in [4.69, 9.17) is 5.73 Å². The van der Waals surface area contributed by atoms with E-state index in [0.29, 0.717) is 0 Å². The highest BCUT2D eigenvalue weighted by atomic mass is 15.5. The van der Waals surface area contributed by atoms with Gasteiger partial charge in [-0.1, -0.05) is 19.1 Å². The number of anilines is 1. The maximum absolute atomic E-state index is 5.91. The Morgan fingerprint density at radius 1 is 1.40 bits per heavy atom. The Hall–Kier alpha value is -1.91. The Balaban J connectivity index is 2.47. The largest absolute Gasteiger partial charge is 0.398 e. The van der Waals surface area contributed by atoms with Crippen molar-refractivity contribution in [3.8, 4) is 11.4 Å². The Kier molecular flexibility index (Phi) is 2.37. The van der Waals surface area contributed by atoms with E-state index in [2.05, 4.69) is 22.4 Å². The Labute approximate surface area is 87.9 Å². The summed E-state index contributed by atoms with van der Waals surface area (Å²) >= 11 is 0. The lowest BCUT2D eigenvalue weighted by Crippen LogP contribution is -1.97. The van der Waals surface area contributed by atoms with Crippen LogP contribution < -0.4 is 5.73 Å². The maximum atomic E-state index is 5.91. The van der Waals surface area contributed by atoms with Crippen molar-refractivity contribution < 1.29 is 0 Å². The van der Waals surface area contributed by atoms with E-state index < -0.39 is 0 Å². The number of hydrogen-bond donors (Lipinski definition) is 1. The molecule has 0 bridgehead atoms. The highest BCUT2D eigenvalue weighted by Crippen LogP contribution is 2.21. The molecule has 2 N–H and O–H groups in total. The molecule has 0 amide bonds. The number of benzene rings is 1. The van der Waals surface area contributed by atoms with Gasteiger partial charge in [-0.05, 0) is 28.5 Å². The number of nitrogens with zero attached hydrogens (tertiary/aromatic N) is 4. The predicted octanol–water partition coefficient (Wildman–Crippen LogP) is 1.02. The molecule has 0 spiro atoms. The van der Waals surface area contributed by atoms with Crippen LogP contribution in [0.4, 0.5) is 5.69 Å². The SMILES string of the molecule is CCc1ccc(-c2nnnn2C)cc1N. The molecule has 5 heteroatoms. The molecule has 78 valence electrons. The van der Waals surface area contributed by atoms with Crippen LogP contribution in [0.5, 0.6) is 0 Å². The van der Waals surface area contributed by atoms with Gasteiger partial charge in [0.15, 0.2) is 5.82 Å². The number of aryl methyl sites for hydroxylation is 2. The maximum Gasteiger partial charge on any atom is 0.181 e. The summed E-state index contributed by atoms with van der Waals surface area (Å²) in [5, 5.41) is 11.3. The minimum atomic E-state index is 0.726. The summed E-state index contributed by atoms with van der Waals surface area (Å²) in [5.74, 6) is 0.726. The Morgan fingerprint density at radius 3 is 2.73 bits per heavy atom. The van der Waals surface area contributed by atoms with Crippen molar-refractivity contribution in [1.82, 2.24) is 20.2 Å². The molecular formula is C10H13N5. The molecule has 1 aromatic carbocycles. The smallest absolute Gasteiger partial charge is 0.181 e. The minimum absolute atomic E-state index is 0.726. The second-order valence-electron chi connectivity index (χ2n) is 3.39. The minimum Gasteiger partial charge on any atom is -0.398 e.